The Kier molecular flexibility index (Phi) is 5.78. The number of carbonyl (C=O) groups excluding carboxylic acids is 1. The van der Waals surface area contributed by atoms with Gasteiger partial charge in [0.15, 0.2) is 0 Å². The van der Waals surface area contributed by atoms with Gasteiger partial charge in [0.1, 0.15) is 11.7 Å². The van der Waals surface area contributed by atoms with Gasteiger partial charge >= 0.3 is 0 Å². The molecule has 0 radical (unpaired) electrons. The van der Waals surface area contributed by atoms with Crippen molar-refractivity contribution in [3.8, 4) is 0 Å². The van der Waals surface area contributed by atoms with Gasteiger partial charge < -0.3 is 15.2 Å². The van der Waals surface area contributed by atoms with Gasteiger partial charge in [-0.15, -0.1) is 11.3 Å². The fourth-order valence-electron chi connectivity index (χ4n) is 1.63. The molecule has 0 aliphatic heterocycles. The van der Waals surface area contributed by atoms with Gasteiger partial charge in [0.05, 0.1) is 6.54 Å². The monoisotopic (exact) mass is 271 g/mol. The van der Waals surface area contributed by atoms with Crippen LogP contribution in [0.15, 0.2) is 17.5 Å². The third-order valence-corrected chi connectivity index (χ3v) is 3.81. The molecule has 5 heteroatoms. The second-order valence-corrected chi connectivity index (χ2v) is 5.27. The molecule has 4 nitrogen and oxygen atoms in total. The number of amides is 1. The van der Waals surface area contributed by atoms with E-state index in [-0.39, 0.29) is 12.5 Å². The van der Waals surface area contributed by atoms with E-state index in [1.165, 1.54) is 11.3 Å². The van der Waals surface area contributed by atoms with Gasteiger partial charge in [-0.3, -0.25) is 4.79 Å². The van der Waals surface area contributed by atoms with Gasteiger partial charge in [0, 0.05) is 11.5 Å². The maximum atomic E-state index is 11.8. The third-order valence-electron chi connectivity index (χ3n) is 2.69. The fraction of sp³-hybridized carbons (Fsp3) is 0.615. The maximum absolute atomic E-state index is 11.8. The SMILES string of the molecule is CCOC(CC)C(=O)NCC(C)(O)c1cccs1. The number of carbonyl (C=O) groups is 1. The molecule has 1 aromatic rings. The lowest BCUT2D eigenvalue weighted by molar-refractivity contribution is -0.133. The molecule has 2 unspecified atom stereocenters. The van der Waals surface area contributed by atoms with Gasteiger partial charge in [-0.1, -0.05) is 13.0 Å². The summed E-state index contributed by atoms with van der Waals surface area (Å²) in [6.07, 6.45) is 0.190. The molecule has 18 heavy (non-hydrogen) atoms. The van der Waals surface area contributed by atoms with E-state index in [9.17, 15) is 9.90 Å². The van der Waals surface area contributed by atoms with Gasteiger partial charge in [-0.25, -0.2) is 0 Å². The molecular formula is C13H21NO3S. The van der Waals surface area contributed by atoms with Crippen molar-refractivity contribution in [2.45, 2.75) is 38.9 Å². The molecule has 0 fully saturated rings. The molecule has 0 aromatic carbocycles. The van der Waals surface area contributed by atoms with Crippen molar-refractivity contribution in [2.75, 3.05) is 13.2 Å². The van der Waals surface area contributed by atoms with Gasteiger partial charge in [-0.05, 0) is 31.7 Å². The summed E-state index contributed by atoms with van der Waals surface area (Å²) in [5.74, 6) is -0.170. The summed E-state index contributed by atoms with van der Waals surface area (Å²) in [7, 11) is 0. The van der Waals surface area contributed by atoms with Crippen LogP contribution in [0.25, 0.3) is 0 Å². The third kappa shape index (κ3) is 4.08. The minimum atomic E-state index is -1.03. The molecule has 0 spiro atoms. The molecule has 102 valence electrons. The van der Waals surface area contributed by atoms with Crippen LogP contribution >= 0.6 is 11.3 Å². The average Bonchev–Trinajstić information content (AvgIpc) is 2.87. The highest BCUT2D eigenvalue weighted by molar-refractivity contribution is 7.10. The van der Waals surface area contributed by atoms with Gasteiger partial charge in [-0.2, -0.15) is 0 Å². The predicted octanol–water partition coefficient (Wildman–Crippen LogP) is 1.89. The van der Waals surface area contributed by atoms with E-state index in [1.54, 1.807) is 6.92 Å². The molecular weight excluding hydrogens is 250 g/mol. The first-order valence-electron chi connectivity index (χ1n) is 6.17. The van der Waals surface area contributed by atoms with Gasteiger partial charge in [0.2, 0.25) is 5.91 Å². The van der Waals surface area contributed by atoms with Crippen LogP contribution in [0.1, 0.15) is 32.1 Å². The molecule has 0 bridgehead atoms. The van der Waals surface area contributed by atoms with E-state index in [0.29, 0.717) is 13.0 Å². The number of nitrogens with one attached hydrogen (secondary N) is 1. The lowest BCUT2D eigenvalue weighted by Gasteiger charge is -2.24. The Morgan fingerprint density at radius 3 is 2.83 bits per heavy atom. The maximum Gasteiger partial charge on any atom is 0.249 e. The molecule has 0 aliphatic carbocycles. The Bertz CT molecular complexity index is 362. The first-order chi connectivity index (χ1) is 8.51. The first kappa shape index (κ1) is 15.1. The second kappa shape index (κ2) is 6.87. The van der Waals surface area contributed by atoms with E-state index in [1.807, 2.05) is 31.4 Å². The van der Waals surface area contributed by atoms with E-state index in [0.717, 1.165) is 4.88 Å². The summed E-state index contributed by atoms with van der Waals surface area (Å²) in [6.45, 7) is 6.15. The Balaban J connectivity index is 2.51. The Hall–Kier alpha value is -0.910. The van der Waals surface area contributed by atoms with Crippen molar-refractivity contribution in [3.05, 3.63) is 22.4 Å². The smallest absolute Gasteiger partial charge is 0.249 e. The number of rotatable bonds is 7. The van der Waals surface area contributed by atoms with Crippen LogP contribution in [-0.4, -0.2) is 30.3 Å². The minimum Gasteiger partial charge on any atom is -0.383 e. The Morgan fingerprint density at radius 2 is 2.33 bits per heavy atom. The molecule has 0 aliphatic rings. The number of ether oxygens (including phenoxy) is 1. The van der Waals surface area contributed by atoms with Crippen LogP contribution in [-0.2, 0) is 15.1 Å². The summed E-state index contributed by atoms with van der Waals surface area (Å²) in [6, 6.07) is 3.74. The molecule has 1 rings (SSSR count). The van der Waals surface area contributed by atoms with E-state index >= 15 is 0 Å². The van der Waals surface area contributed by atoms with Crippen molar-refractivity contribution in [1.82, 2.24) is 5.32 Å². The van der Waals surface area contributed by atoms with Crippen LogP contribution in [0.5, 0.6) is 0 Å². The minimum absolute atomic E-state index is 0.170. The zero-order chi connectivity index (χ0) is 13.6. The quantitative estimate of drug-likeness (QED) is 0.796. The molecule has 1 amide bonds. The summed E-state index contributed by atoms with van der Waals surface area (Å²) >= 11 is 1.47. The van der Waals surface area contributed by atoms with Crippen LogP contribution in [0, 0.1) is 0 Å². The first-order valence-corrected chi connectivity index (χ1v) is 7.05. The lowest BCUT2D eigenvalue weighted by Crippen LogP contribution is -2.43. The zero-order valence-electron chi connectivity index (χ0n) is 11.1. The number of thiophene rings is 1. The van der Waals surface area contributed by atoms with Gasteiger partial charge in [0.25, 0.3) is 0 Å². The number of hydrogen-bond acceptors (Lipinski definition) is 4. The van der Waals surface area contributed by atoms with Crippen LogP contribution in [0.3, 0.4) is 0 Å². The highest BCUT2D eigenvalue weighted by atomic mass is 32.1. The Labute approximate surface area is 112 Å². The summed E-state index contributed by atoms with van der Waals surface area (Å²) in [5, 5.41) is 14.9. The van der Waals surface area contributed by atoms with Crippen molar-refractivity contribution in [2.24, 2.45) is 0 Å². The van der Waals surface area contributed by atoms with Crippen LogP contribution in [0.2, 0.25) is 0 Å². The largest absolute Gasteiger partial charge is 0.383 e. The van der Waals surface area contributed by atoms with E-state index in [4.69, 9.17) is 4.74 Å². The van der Waals surface area contributed by atoms with Crippen molar-refractivity contribution >= 4 is 17.2 Å². The number of hydrogen-bond donors (Lipinski definition) is 2. The molecule has 0 saturated carbocycles. The average molecular weight is 271 g/mol. The predicted molar refractivity (Wildman–Crippen MR) is 72.6 cm³/mol. The van der Waals surface area contributed by atoms with Crippen molar-refractivity contribution < 1.29 is 14.6 Å². The molecule has 2 atom stereocenters. The van der Waals surface area contributed by atoms with E-state index < -0.39 is 11.7 Å². The van der Waals surface area contributed by atoms with E-state index in [2.05, 4.69) is 5.32 Å². The number of aliphatic hydroxyl groups is 1. The molecule has 1 aromatic heterocycles. The normalized spacial score (nSPS) is 16.0. The van der Waals surface area contributed by atoms with Crippen LogP contribution < -0.4 is 5.32 Å². The zero-order valence-corrected chi connectivity index (χ0v) is 11.9. The highest BCUT2D eigenvalue weighted by Crippen LogP contribution is 2.24. The molecule has 2 N–H and O–H groups in total. The summed E-state index contributed by atoms with van der Waals surface area (Å²) < 4.78 is 5.32. The molecule has 1 heterocycles. The highest BCUT2D eigenvalue weighted by Gasteiger charge is 2.26. The Morgan fingerprint density at radius 1 is 1.61 bits per heavy atom. The lowest BCUT2D eigenvalue weighted by atomic mass is 10.1. The summed E-state index contributed by atoms with van der Waals surface area (Å²) in [4.78, 5) is 12.7. The molecule has 0 saturated heterocycles. The topological polar surface area (TPSA) is 58.6 Å². The van der Waals surface area contributed by atoms with Crippen molar-refractivity contribution in [3.63, 3.8) is 0 Å². The fourth-order valence-corrected chi connectivity index (χ4v) is 2.41. The summed E-state index contributed by atoms with van der Waals surface area (Å²) in [5.41, 5.74) is -1.03. The van der Waals surface area contributed by atoms with Crippen LogP contribution in [0.4, 0.5) is 0 Å². The standard InChI is InChI=1S/C13H21NO3S/c1-4-10(17-5-2)12(15)14-9-13(3,16)11-7-6-8-18-11/h6-8,10,16H,4-5,9H2,1-3H3,(H,14,15). The second-order valence-electron chi connectivity index (χ2n) is 4.32. The van der Waals surface area contributed by atoms with Crippen molar-refractivity contribution in [1.29, 1.82) is 0 Å².